The van der Waals surface area contributed by atoms with E-state index in [2.05, 4.69) is 10.1 Å². The van der Waals surface area contributed by atoms with E-state index in [0.29, 0.717) is 23.0 Å². The molecule has 0 aliphatic heterocycles. The Morgan fingerprint density at radius 1 is 1.23 bits per heavy atom. The number of hydrogen-bond acceptors (Lipinski definition) is 6. The molecule has 0 saturated carbocycles. The molecule has 0 radical (unpaired) electrons. The van der Waals surface area contributed by atoms with Crippen LogP contribution in [-0.4, -0.2) is 16.1 Å². The first-order valence-electron chi connectivity index (χ1n) is 6.75. The Hall–Kier alpha value is -2.89. The maximum absolute atomic E-state index is 11.8. The van der Waals surface area contributed by atoms with Gasteiger partial charge in [0.25, 0.3) is 0 Å². The number of benzene rings is 1. The molecule has 2 heterocycles. The lowest BCUT2D eigenvalue weighted by Crippen LogP contribution is -2.05. The maximum atomic E-state index is 11.8. The van der Waals surface area contributed by atoms with Gasteiger partial charge in [-0.25, -0.2) is 9.78 Å². The molecule has 3 aromatic rings. The third-order valence-electron chi connectivity index (χ3n) is 3.08. The van der Waals surface area contributed by atoms with Gasteiger partial charge in [0.2, 0.25) is 11.7 Å². The number of nitrogens with zero attached hydrogens (tertiary/aromatic N) is 2. The third kappa shape index (κ3) is 2.90. The van der Waals surface area contributed by atoms with Crippen LogP contribution < -0.4 is 0 Å². The van der Waals surface area contributed by atoms with E-state index < -0.39 is 5.97 Å². The molecule has 2 aromatic heterocycles. The topological polar surface area (TPSA) is 78.4 Å². The number of oxazole rings is 1. The highest BCUT2D eigenvalue weighted by molar-refractivity contribution is 5.86. The van der Waals surface area contributed by atoms with E-state index in [4.69, 9.17) is 13.7 Å². The zero-order valence-electron chi connectivity index (χ0n) is 12.2. The van der Waals surface area contributed by atoms with Crippen LogP contribution in [0.4, 0.5) is 0 Å². The van der Waals surface area contributed by atoms with Crippen LogP contribution in [0.3, 0.4) is 0 Å². The molecule has 112 valence electrons. The van der Waals surface area contributed by atoms with Crippen molar-refractivity contribution >= 4 is 5.97 Å². The molecule has 22 heavy (non-hydrogen) atoms. The van der Waals surface area contributed by atoms with Crippen LogP contribution in [-0.2, 0) is 11.3 Å². The van der Waals surface area contributed by atoms with E-state index in [-0.39, 0.29) is 12.4 Å². The molecular formula is C16H14N2O4. The number of ether oxygens (including phenoxy) is 1. The smallest absolute Gasteiger partial charge is 0.377 e. The van der Waals surface area contributed by atoms with Crippen LogP contribution >= 0.6 is 0 Å². The van der Waals surface area contributed by atoms with Gasteiger partial charge in [0.15, 0.2) is 0 Å². The minimum atomic E-state index is -0.579. The summed E-state index contributed by atoms with van der Waals surface area (Å²) in [6.45, 7) is 3.52. The second kappa shape index (κ2) is 5.85. The van der Waals surface area contributed by atoms with Crippen molar-refractivity contribution in [1.82, 2.24) is 10.1 Å². The summed E-state index contributed by atoms with van der Waals surface area (Å²) in [5, 5.41) is 3.64. The molecule has 1 aromatic carbocycles. The molecule has 0 fully saturated rings. The van der Waals surface area contributed by atoms with Crippen molar-refractivity contribution in [2.24, 2.45) is 0 Å². The summed E-state index contributed by atoms with van der Waals surface area (Å²) in [4.78, 5) is 16.2. The van der Waals surface area contributed by atoms with Gasteiger partial charge in [-0.05, 0) is 26.0 Å². The Bertz CT molecular complexity index is 790. The van der Waals surface area contributed by atoms with E-state index in [1.54, 1.807) is 13.8 Å². The van der Waals surface area contributed by atoms with Gasteiger partial charge in [0.1, 0.15) is 18.1 Å². The van der Waals surface area contributed by atoms with Crippen LogP contribution in [0.25, 0.3) is 11.5 Å². The Labute approximate surface area is 126 Å². The van der Waals surface area contributed by atoms with E-state index in [1.165, 1.54) is 6.07 Å². The second-order valence-electron chi connectivity index (χ2n) is 4.80. The van der Waals surface area contributed by atoms with Crippen LogP contribution in [0.1, 0.15) is 27.7 Å². The van der Waals surface area contributed by atoms with Crippen molar-refractivity contribution in [2.75, 3.05) is 0 Å². The summed E-state index contributed by atoms with van der Waals surface area (Å²) >= 11 is 0. The van der Waals surface area contributed by atoms with E-state index in [9.17, 15) is 4.79 Å². The molecule has 6 heteroatoms. The normalized spacial score (nSPS) is 10.6. The highest BCUT2D eigenvalue weighted by Gasteiger charge is 2.16. The standard InChI is InChI=1S/C16H14N2O4/c1-10-8-14(22-18-10)16(19)20-9-13-11(2)21-15(17-13)12-6-4-3-5-7-12/h3-8H,9H2,1-2H3. The monoisotopic (exact) mass is 298 g/mol. The van der Waals surface area contributed by atoms with E-state index >= 15 is 0 Å². The predicted octanol–water partition coefficient (Wildman–Crippen LogP) is 3.30. The highest BCUT2D eigenvalue weighted by Crippen LogP contribution is 2.22. The first kappa shape index (κ1) is 14.1. The van der Waals surface area contributed by atoms with Gasteiger partial charge in [-0.1, -0.05) is 23.4 Å². The fourth-order valence-electron chi connectivity index (χ4n) is 1.93. The van der Waals surface area contributed by atoms with Crippen LogP contribution in [0.2, 0.25) is 0 Å². The summed E-state index contributed by atoms with van der Waals surface area (Å²) in [6, 6.07) is 11.0. The first-order chi connectivity index (χ1) is 10.6. The molecule has 3 rings (SSSR count). The molecular weight excluding hydrogens is 284 g/mol. The lowest BCUT2D eigenvalue weighted by Gasteiger charge is -1.99. The largest absolute Gasteiger partial charge is 0.453 e. The van der Waals surface area contributed by atoms with Crippen LogP contribution in [0.5, 0.6) is 0 Å². The fraction of sp³-hybridized carbons (Fsp3) is 0.188. The Morgan fingerprint density at radius 3 is 2.68 bits per heavy atom. The Morgan fingerprint density at radius 2 is 2.00 bits per heavy atom. The molecule has 0 N–H and O–H groups in total. The van der Waals surface area contributed by atoms with Crippen LogP contribution in [0.15, 0.2) is 45.3 Å². The van der Waals surface area contributed by atoms with Crippen molar-refractivity contribution < 1.29 is 18.5 Å². The number of esters is 1. The van der Waals surface area contributed by atoms with Gasteiger partial charge in [-0.15, -0.1) is 0 Å². The second-order valence-corrected chi connectivity index (χ2v) is 4.80. The molecule has 0 aliphatic rings. The number of aryl methyl sites for hydroxylation is 2. The number of carbonyl (C=O) groups excluding carboxylic acids is 1. The van der Waals surface area contributed by atoms with Crippen molar-refractivity contribution in [1.29, 1.82) is 0 Å². The van der Waals surface area contributed by atoms with Crippen LogP contribution in [0, 0.1) is 13.8 Å². The SMILES string of the molecule is Cc1cc(C(=O)OCc2nc(-c3ccccc3)oc2C)on1. The van der Waals surface area contributed by atoms with Gasteiger partial charge >= 0.3 is 5.97 Å². The number of carbonyl (C=O) groups is 1. The van der Waals surface area contributed by atoms with E-state index in [1.807, 2.05) is 30.3 Å². The Kier molecular flexibility index (Phi) is 3.74. The maximum Gasteiger partial charge on any atom is 0.377 e. The fourth-order valence-corrected chi connectivity index (χ4v) is 1.93. The van der Waals surface area contributed by atoms with E-state index in [0.717, 1.165) is 5.56 Å². The summed E-state index contributed by atoms with van der Waals surface area (Å²) in [6.07, 6.45) is 0. The first-order valence-corrected chi connectivity index (χ1v) is 6.75. The van der Waals surface area contributed by atoms with Gasteiger partial charge < -0.3 is 13.7 Å². The van der Waals surface area contributed by atoms with Gasteiger partial charge in [0.05, 0.1) is 5.69 Å². The summed E-state index contributed by atoms with van der Waals surface area (Å²) in [7, 11) is 0. The van der Waals surface area contributed by atoms with Gasteiger partial charge in [-0.3, -0.25) is 0 Å². The zero-order valence-corrected chi connectivity index (χ0v) is 12.2. The minimum Gasteiger partial charge on any atom is -0.453 e. The molecule has 0 aliphatic carbocycles. The lowest BCUT2D eigenvalue weighted by molar-refractivity contribution is 0.0420. The van der Waals surface area contributed by atoms with Crippen molar-refractivity contribution in [2.45, 2.75) is 20.5 Å². The van der Waals surface area contributed by atoms with Crippen molar-refractivity contribution in [3.8, 4) is 11.5 Å². The molecule has 0 bridgehead atoms. The zero-order chi connectivity index (χ0) is 15.5. The number of aromatic nitrogens is 2. The van der Waals surface area contributed by atoms with Gasteiger partial charge in [0, 0.05) is 11.6 Å². The van der Waals surface area contributed by atoms with Crippen molar-refractivity contribution in [3.63, 3.8) is 0 Å². The molecule has 6 nitrogen and oxygen atoms in total. The summed E-state index contributed by atoms with van der Waals surface area (Å²) < 4.78 is 15.6. The average molecular weight is 298 g/mol. The molecule has 0 saturated heterocycles. The molecule has 0 amide bonds. The minimum absolute atomic E-state index is 0.0146. The quantitative estimate of drug-likeness (QED) is 0.688. The third-order valence-corrected chi connectivity index (χ3v) is 3.08. The predicted molar refractivity (Wildman–Crippen MR) is 77.0 cm³/mol. The molecule has 0 atom stereocenters. The highest BCUT2D eigenvalue weighted by atomic mass is 16.6. The lowest BCUT2D eigenvalue weighted by atomic mass is 10.2. The van der Waals surface area contributed by atoms with Crippen molar-refractivity contribution in [3.05, 3.63) is 59.3 Å². The van der Waals surface area contributed by atoms with Gasteiger partial charge in [-0.2, -0.15) is 0 Å². The average Bonchev–Trinajstić information content (AvgIpc) is 3.12. The summed E-state index contributed by atoms with van der Waals surface area (Å²) in [5.41, 5.74) is 2.06. The molecule has 0 unspecified atom stereocenters. The summed E-state index contributed by atoms with van der Waals surface area (Å²) in [5.74, 6) is 0.603. The number of hydrogen-bond donors (Lipinski definition) is 0. The molecule has 0 spiro atoms. The number of rotatable bonds is 4. The Balaban J connectivity index is 1.71.